The van der Waals surface area contributed by atoms with Gasteiger partial charge in [-0.3, -0.25) is 10.1 Å². The second-order valence-electron chi connectivity index (χ2n) is 3.10. The van der Waals surface area contributed by atoms with E-state index in [0.717, 1.165) is 0 Å². The van der Waals surface area contributed by atoms with E-state index in [4.69, 9.17) is 5.73 Å². The number of aryl methyl sites for hydroxylation is 1. The van der Waals surface area contributed by atoms with Gasteiger partial charge in [0.25, 0.3) is 5.69 Å². The van der Waals surface area contributed by atoms with Crippen LogP contribution in [0, 0.1) is 10.1 Å². The zero-order valence-electron chi connectivity index (χ0n) is 8.36. The first-order valence-corrected chi connectivity index (χ1v) is 4.35. The van der Waals surface area contributed by atoms with E-state index in [0.29, 0.717) is 5.69 Å². The molecule has 2 N–H and O–H groups in total. The molecule has 0 amide bonds. The van der Waals surface area contributed by atoms with Crippen LogP contribution in [-0.2, 0) is 7.05 Å². The topological polar surface area (TPSA) is 113 Å². The third-order valence-electron chi connectivity index (χ3n) is 2.05. The normalized spacial score (nSPS) is 10.3. The summed E-state index contributed by atoms with van der Waals surface area (Å²) in [6, 6.07) is 2.69. The Morgan fingerprint density at radius 3 is 2.81 bits per heavy atom. The summed E-state index contributed by atoms with van der Waals surface area (Å²) in [4.78, 5) is 14.2. The van der Waals surface area contributed by atoms with Crippen molar-refractivity contribution in [3.05, 3.63) is 28.4 Å². The third-order valence-corrected chi connectivity index (χ3v) is 2.05. The van der Waals surface area contributed by atoms with Crippen molar-refractivity contribution in [1.82, 2.24) is 20.0 Å². The molecule has 0 bridgehead atoms. The SMILES string of the molecule is Cn1nncc1-c1nc(N)ccc1[N+](=O)[O-]. The highest BCUT2D eigenvalue weighted by Gasteiger charge is 2.19. The summed E-state index contributed by atoms with van der Waals surface area (Å²) in [5.74, 6) is 0.210. The second-order valence-corrected chi connectivity index (χ2v) is 3.10. The Bertz CT molecular complexity index is 549. The molecular formula is C8H8N6O2. The number of nitrogens with two attached hydrogens (primary N) is 1. The molecule has 0 aliphatic heterocycles. The molecule has 82 valence electrons. The average Bonchev–Trinajstić information content (AvgIpc) is 2.63. The van der Waals surface area contributed by atoms with Crippen molar-refractivity contribution in [2.75, 3.05) is 5.73 Å². The largest absolute Gasteiger partial charge is 0.384 e. The minimum Gasteiger partial charge on any atom is -0.384 e. The van der Waals surface area contributed by atoms with Gasteiger partial charge < -0.3 is 5.73 Å². The second kappa shape index (κ2) is 3.57. The molecule has 8 nitrogen and oxygen atoms in total. The number of rotatable bonds is 2. The number of nitrogens with zero attached hydrogens (tertiary/aromatic N) is 5. The highest BCUT2D eigenvalue weighted by atomic mass is 16.6. The average molecular weight is 220 g/mol. The van der Waals surface area contributed by atoms with E-state index in [-0.39, 0.29) is 17.2 Å². The first-order valence-electron chi connectivity index (χ1n) is 4.35. The van der Waals surface area contributed by atoms with Gasteiger partial charge in [-0.15, -0.1) is 5.10 Å². The number of pyridine rings is 1. The Morgan fingerprint density at radius 1 is 1.50 bits per heavy atom. The van der Waals surface area contributed by atoms with Crippen LogP contribution in [0.15, 0.2) is 18.3 Å². The van der Waals surface area contributed by atoms with E-state index >= 15 is 0 Å². The van der Waals surface area contributed by atoms with E-state index in [2.05, 4.69) is 15.3 Å². The first-order chi connectivity index (χ1) is 7.59. The Kier molecular flexibility index (Phi) is 2.24. The van der Waals surface area contributed by atoms with Gasteiger partial charge in [0, 0.05) is 13.1 Å². The molecule has 2 aromatic rings. The summed E-state index contributed by atoms with van der Waals surface area (Å²) in [7, 11) is 1.62. The van der Waals surface area contributed by atoms with Crippen LogP contribution in [0.1, 0.15) is 0 Å². The van der Waals surface area contributed by atoms with Crippen molar-refractivity contribution in [3.8, 4) is 11.4 Å². The number of hydrogen-bond acceptors (Lipinski definition) is 6. The zero-order chi connectivity index (χ0) is 11.7. The summed E-state index contributed by atoms with van der Waals surface area (Å²) in [6.45, 7) is 0. The lowest BCUT2D eigenvalue weighted by atomic mass is 10.2. The van der Waals surface area contributed by atoms with Crippen molar-refractivity contribution in [3.63, 3.8) is 0 Å². The zero-order valence-corrected chi connectivity index (χ0v) is 8.36. The van der Waals surface area contributed by atoms with Gasteiger partial charge in [-0.05, 0) is 6.07 Å². The van der Waals surface area contributed by atoms with E-state index in [1.165, 1.54) is 23.0 Å². The highest BCUT2D eigenvalue weighted by molar-refractivity contribution is 5.67. The van der Waals surface area contributed by atoms with Gasteiger partial charge in [-0.25, -0.2) is 9.67 Å². The van der Waals surface area contributed by atoms with Gasteiger partial charge in [0.15, 0.2) is 5.69 Å². The Balaban J connectivity index is 2.67. The van der Waals surface area contributed by atoms with Gasteiger partial charge >= 0.3 is 0 Å². The molecule has 0 saturated carbocycles. The summed E-state index contributed by atoms with van der Waals surface area (Å²) in [6.07, 6.45) is 1.40. The highest BCUT2D eigenvalue weighted by Crippen LogP contribution is 2.27. The summed E-state index contributed by atoms with van der Waals surface area (Å²) < 4.78 is 1.40. The van der Waals surface area contributed by atoms with Crippen molar-refractivity contribution in [2.24, 2.45) is 7.05 Å². The standard InChI is InChI=1S/C8H8N6O2/c1-13-6(4-10-12-13)8-5(14(15)16)2-3-7(9)11-8/h2-4H,1H3,(H2,9,11). The lowest BCUT2D eigenvalue weighted by Gasteiger charge is -2.02. The summed E-state index contributed by atoms with van der Waals surface area (Å²) in [5, 5.41) is 18.1. The van der Waals surface area contributed by atoms with Crippen LogP contribution in [0.4, 0.5) is 11.5 Å². The molecule has 2 aromatic heterocycles. The fourth-order valence-corrected chi connectivity index (χ4v) is 1.31. The molecule has 0 atom stereocenters. The van der Waals surface area contributed by atoms with Crippen LogP contribution in [0.5, 0.6) is 0 Å². The molecule has 0 aliphatic rings. The van der Waals surface area contributed by atoms with Gasteiger partial charge in [0.1, 0.15) is 11.5 Å². The smallest absolute Gasteiger partial charge is 0.297 e. The predicted octanol–water partition coefficient (Wildman–Crippen LogP) is 0.367. The number of hydrogen-bond donors (Lipinski definition) is 1. The lowest BCUT2D eigenvalue weighted by Crippen LogP contribution is -2.02. The maximum atomic E-state index is 10.8. The first kappa shape index (κ1) is 10.0. The molecule has 0 radical (unpaired) electrons. The van der Waals surface area contributed by atoms with Gasteiger partial charge in [-0.2, -0.15) is 0 Å². The number of nitro groups is 1. The van der Waals surface area contributed by atoms with E-state index in [1.54, 1.807) is 7.05 Å². The Morgan fingerprint density at radius 2 is 2.25 bits per heavy atom. The van der Waals surface area contributed by atoms with Gasteiger partial charge in [0.2, 0.25) is 0 Å². The van der Waals surface area contributed by atoms with Crippen LogP contribution >= 0.6 is 0 Å². The monoisotopic (exact) mass is 220 g/mol. The third kappa shape index (κ3) is 1.56. The van der Waals surface area contributed by atoms with Crippen LogP contribution in [0.25, 0.3) is 11.4 Å². The maximum absolute atomic E-state index is 10.8. The van der Waals surface area contributed by atoms with Gasteiger partial charge in [-0.1, -0.05) is 5.21 Å². The molecule has 0 saturated heterocycles. The van der Waals surface area contributed by atoms with Gasteiger partial charge in [0.05, 0.1) is 11.1 Å². The van der Waals surface area contributed by atoms with E-state index in [1.807, 2.05) is 0 Å². The minimum atomic E-state index is -0.519. The molecule has 2 rings (SSSR count). The van der Waals surface area contributed by atoms with E-state index in [9.17, 15) is 10.1 Å². The molecule has 0 fully saturated rings. The Hall–Kier alpha value is -2.51. The maximum Gasteiger partial charge on any atom is 0.297 e. The molecular weight excluding hydrogens is 212 g/mol. The minimum absolute atomic E-state index is 0.125. The molecule has 16 heavy (non-hydrogen) atoms. The molecule has 0 aliphatic carbocycles. The lowest BCUT2D eigenvalue weighted by molar-refractivity contribution is -0.384. The van der Waals surface area contributed by atoms with Crippen molar-refractivity contribution < 1.29 is 4.92 Å². The van der Waals surface area contributed by atoms with Crippen LogP contribution < -0.4 is 5.73 Å². The van der Waals surface area contributed by atoms with Crippen molar-refractivity contribution in [1.29, 1.82) is 0 Å². The molecule has 0 spiro atoms. The fourth-order valence-electron chi connectivity index (χ4n) is 1.31. The molecule has 0 unspecified atom stereocenters. The molecule has 2 heterocycles. The summed E-state index contributed by atoms with van der Waals surface area (Å²) >= 11 is 0. The predicted molar refractivity (Wildman–Crippen MR) is 55.3 cm³/mol. The fraction of sp³-hybridized carbons (Fsp3) is 0.125. The van der Waals surface area contributed by atoms with E-state index < -0.39 is 4.92 Å². The van der Waals surface area contributed by atoms with Crippen LogP contribution in [0.3, 0.4) is 0 Å². The number of anilines is 1. The quantitative estimate of drug-likeness (QED) is 0.577. The van der Waals surface area contributed by atoms with Crippen LogP contribution in [-0.4, -0.2) is 24.9 Å². The number of aromatic nitrogens is 4. The van der Waals surface area contributed by atoms with Crippen molar-refractivity contribution >= 4 is 11.5 Å². The van der Waals surface area contributed by atoms with Crippen LogP contribution in [0.2, 0.25) is 0 Å². The summed E-state index contributed by atoms with van der Waals surface area (Å²) in [5.41, 5.74) is 5.98. The molecule has 0 aromatic carbocycles. The van der Waals surface area contributed by atoms with Crippen molar-refractivity contribution in [2.45, 2.75) is 0 Å². The number of nitrogen functional groups attached to an aromatic ring is 1. The molecule has 8 heteroatoms. The Labute approximate surface area is 89.9 Å².